The summed E-state index contributed by atoms with van der Waals surface area (Å²) < 4.78 is 0. The highest BCUT2D eigenvalue weighted by Gasteiger charge is 2.19. The number of amides is 1. The molecule has 2 aromatic rings. The summed E-state index contributed by atoms with van der Waals surface area (Å²) in [7, 11) is 0. The van der Waals surface area contributed by atoms with Crippen LogP contribution in [0.3, 0.4) is 0 Å². The Labute approximate surface area is 150 Å². The number of aryl methyl sites for hydroxylation is 1. The fourth-order valence-electron chi connectivity index (χ4n) is 2.79. The highest BCUT2D eigenvalue weighted by Crippen LogP contribution is 2.34. The van der Waals surface area contributed by atoms with E-state index in [1.165, 1.54) is 5.56 Å². The molecule has 0 saturated heterocycles. The number of carbonyl (C=O) groups excluding carboxylic acids is 1. The summed E-state index contributed by atoms with van der Waals surface area (Å²) in [6.07, 6.45) is 2.08. The third kappa shape index (κ3) is 3.74. The van der Waals surface area contributed by atoms with E-state index in [1.54, 1.807) is 12.1 Å². The Morgan fingerprint density at radius 2 is 1.83 bits per heavy atom. The van der Waals surface area contributed by atoms with Crippen molar-refractivity contribution in [3.63, 3.8) is 0 Å². The number of carbonyl (C=O) groups is 1. The molecule has 0 bridgehead atoms. The quantitative estimate of drug-likeness (QED) is 0.822. The van der Waals surface area contributed by atoms with Crippen molar-refractivity contribution < 1.29 is 4.79 Å². The minimum atomic E-state index is -0.159. The van der Waals surface area contributed by atoms with E-state index in [0.29, 0.717) is 20.8 Å². The van der Waals surface area contributed by atoms with Crippen LogP contribution in [0.15, 0.2) is 36.4 Å². The van der Waals surface area contributed by atoms with E-state index in [4.69, 9.17) is 34.8 Å². The van der Waals surface area contributed by atoms with Crippen LogP contribution in [0.4, 0.5) is 11.4 Å². The van der Waals surface area contributed by atoms with Crippen LogP contribution < -0.4 is 10.2 Å². The topological polar surface area (TPSA) is 32.3 Å². The summed E-state index contributed by atoms with van der Waals surface area (Å²) in [6, 6.07) is 11.3. The lowest BCUT2D eigenvalue weighted by molar-refractivity contribution is -0.115. The lowest BCUT2D eigenvalue weighted by Gasteiger charge is -2.30. The van der Waals surface area contributed by atoms with Gasteiger partial charge in [0, 0.05) is 17.3 Å². The molecule has 0 aromatic heterocycles. The molecule has 23 heavy (non-hydrogen) atoms. The minimum Gasteiger partial charge on any atom is -0.362 e. The van der Waals surface area contributed by atoms with Crippen molar-refractivity contribution in [2.24, 2.45) is 0 Å². The first-order chi connectivity index (χ1) is 11.0. The molecule has 0 spiro atoms. The van der Waals surface area contributed by atoms with Crippen LogP contribution in [0.1, 0.15) is 12.0 Å². The third-order valence-corrected chi connectivity index (χ3v) is 4.63. The van der Waals surface area contributed by atoms with Gasteiger partial charge in [-0.25, -0.2) is 0 Å². The van der Waals surface area contributed by atoms with Gasteiger partial charge in [0.05, 0.1) is 22.3 Å². The van der Waals surface area contributed by atoms with Crippen LogP contribution in [0.5, 0.6) is 0 Å². The molecule has 0 radical (unpaired) electrons. The van der Waals surface area contributed by atoms with E-state index >= 15 is 0 Å². The summed E-state index contributed by atoms with van der Waals surface area (Å²) in [5, 5.41) is 3.87. The molecular weight excluding hydrogens is 355 g/mol. The summed E-state index contributed by atoms with van der Waals surface area (Å²) in [5.41, 5.74) is 2.78. The van der Waals surface area contributed by atoms with Gasteiger partial charge in [-0.05, 0) is 36.6 Å². The van der Waals surface area contributed by atoms with Gasteiger partial charge in [-0.3, -0.25) is 4.79 Å². The molecule has 1 aliphatic rings. The van der Waals surface area contributed by atoms with Crippen LogP contribution >= 0.6 is 34.8 Å². The van der Waals surface area contributed by atoms with Gasteiger partial charge in [-0.2, -0.15) is 0 Å². The number of fused-ring (bicyclic) bond motifs is 1. The van der Waals surface area contributed by atoms with Gasteiger partial charge in [-0.15, -0.1) is 0 Å². The summed E-state index contributed by atoms with van der Waals surface area (Å²) in [4.78, 5) is 14.5. The number of nitrogens with zero attached hydrogens (tertiary/aromatic N) is 1. The molecule has 1 N–H and O–H groups in total. The fraction of sp³-hybridized carbons (Fsp3) is 0.235. The average molecular weight is 370 g/mol. The number of para-hydroxylation sites is 1. The summed E-state index contributed by atoms with van der Waals surface area (Å²) in [6.45, 7) is 1.11. The maximum absolute atomic E-state index is 12.4. The number of hydrogen-bond acceptors (Lipinski definition) is 2. The predicted octanol–water partition coefficient (Wildman–Crippen LogP) is 5.04. The van der Waals surface area contributed by atoms with E-state index in [1.807, 2.05) is 18.2 Å². The van der Waals surface area contributed by atoms with E-state index < -0.39 is 0 Å². The van der Waals surface area contributed by atoms with Gasteiger partial charge in [-0.1, -0.05) is 53.0 Å². The zero-order chi connectivity index (χ0) is 16.4. The van der Waals surface area contributed by atoms with Crippen molar-refractivity contribution in [2.75, 3.05) is 23.3 Å². The third-order valence-electron chi connectivity index (χ3n) is 3.81. The van der Waals surface area contributed by atoms with E-state index in [-0.39, 0.29) is 12.5 Å². The Kier molecular flexibility index (Phi) is 5.00. The molecular formula is C17H15Cl3N2O. The second-order valence-corrected chi connectivity index (χ2v) is 6.70. The van der Waals surface area contributed by atoms with Crippen molar-refractivity contribution in [3.8, 4) is 0 Å². The maximum Gasteiger partial charge on any atom is 0.243 e. The molecule has 0 atom stereocenters. The first kappa shape index (κ1) is 16.4. The van der Waals surface area contributed by atoms with E-state index in [9.17, 15) is 4.79 Å². The van der Waals surface area contributed by atoms with Crippen molar-refractivity contribution in [1.29, 1.82) is 0 Å². The van der Waals surface area contributed by atoms with Gasteiger partial charge in [0.15, 0.2) is 0 Å². The van der Waals surface area contributed by atoms with Crippen LogP contribution in [0.2, 0.25) is 15.1 Å². The maximum atomic E-state index is 12.4. The van der Waals surface area contributed by atoms with E-state index in [2.05, 4.69) is 16.3 Å². The molecule has 3 rings (SSSR count). The van der Waals surface area contributed by atoms with Crippen molar-refractivity contribution >= 4 is 52.1 Å². The largest absolute Gasteiger partial charge is 0.362 e. The Morgan fingerprint density at radius 3 is 2.57 bits per heavy atom. The van der Waals surface area contributed by atoms with Crippen LogP contribution in [-0.4, -0.2) is 19.0 Å². The number of nitrogens with one attached hydrogen (secondary N) is 1. The molecule has 0 fully saturated rings. The van der Waals surface area contributed by atoms with Gasteiger partial charge < -0.3 is 10.2 Å². The number of anilines is 2. The Balaban J connectivity index is 1.74. The van der Waals surface area contributed by atoms with Gasteiger partial charge >= 0.3 is 0 Å². The first-order valence-electron chi connectivity index (χ1n) is 7.32. The standard InChI is InChI=1S/C17H15Cl3N2O/c18-12-8-13(19)17(14(20)9-12)21-16(23)10-22-7-3-5-11-4-1-2-6-15(11)22/h1-2,4,6,8-9H,3,5,7,10H2,(H,21,23). The second kappa shape index (κ2) is 7.00. The minimum absolute atomic E-state index is 0.159. The number of rotatable bonds is 3. The Bertz CT molecular complexity index is 725. The van der Waals surface area contributed by atoms with Crippen LogP contribution in [0.25, 0.3) is 0 Å². The van der Waals surface area contributed by atoms with Crippen molar-refractivity contribution in [3.05, 3.63) is 57.0 Å². The highest BCUT2D eigenvalue weighted by atomic mass is 35.5. The van der Waals surface area contributed by atoms with Gasteiger partial charge in [0.2, 0.25) is 5.91 Å². The fourth-order valence-corrected chi connectivity index (χ4v) is 3.70. The van der Waals surface area contributed by atoms with Crippen LogP contribution in [-0.2, 0) is 11.2 Å². The zero-order valence-electron chi connectivity index (χ0n) is 12.3. The van der Waals surface area contributed by atoms with Gasteiger partial charge in [0.25, 0.3) is 0 Å². The lowest BCUT2D eigenvalue weighted by atomic mass is 10.0. The molecule has 0 unspecified atom stereocenters. The van der Waals surface area contributed by atoms with Crippen molar-refractivity contribution in [1.82, 2.24) is 0 Å². The normalized spacial score (nSPS) is 13.6. The summed E-state index contributed by atoms with van der Waals surface area (Å²) >= 11 is 18.1. The predicted molar refractivity (Wildman–Crippen MR) is 97.1 cm³/mol. The molecule has 6 heteroatoms. The lowest BCUT2D eigenvalue weighted by Crippen LogP contribution is -2.36. The van der Waals surface area contributed by atoms with Crippen molar-refractivity contribution in [2.45, 2.75) is 12.8 Å². The molecule has 0 aliphatic carbocycles. The first-order valence-corrected chi connectivity index (χ1v) is 8.45. The number of halogens is 3. The number of benzene rings is 2. The highest BCUT2D eigenvalue weighted by molar-refractivity contribution is 6.42. The second-order valence-electron chi connectivity index (χ2n) is 5.45. The molecule has 1 aliphatic heterocycles. The molecule has 120 valence electrons. The average Bonchev–Trinajstić information content (AvgIpc) is 2.51. The molecule has 3 nitrogen and oxygen atoms in total. The molecule has 0 saturated carbocycles. The molecule has 1 amide bonds. The Morgan fingerprint density at radius 1 is 1.13 bits per heavy atom. The molecule has 1 heterocycles. The number of hydrogen-bond donors (Lipinski definition) is 1. The van der Waals surface area contributed by atoms with Gasteiger partial charge in [0.1, 0.15) is 0 Å². The monoisotopic (exact) mass is 368 g/mol. The SMILES string of the molecule is O=C(CN1CCCc2ccccc21)Nc1c(Cl)cc(Cl)cc1Cl. The Hall–Kier alpha value is -1.42. The zero-order valence-corrected chi connectivity index (χ0v) is 14.5. The summed E-state index contributed by atoms with van der Waals surface area (Å²) in [5.74, 6) is -0.159. The van der Waals surface area contributed by atoms with E-state index in [0.717, 1.165) is 25.1 Å². The van der Waals surface area contributed by atoms with Crippen LogP contribution in [0, 0.1) is 0 Å². The smallest absolute Gasteiger partial charge is 0.243 e. The molecule has 2 aromatic carbocycles.